The van der Waals surface area contributed by atoms with Crippen molar-refractivity contribution >= 4 is 12.0 Å². The van der Waals surface area contributed by atoms with E-state index in [9.17, 15) is 5.11 Å². The van der Waals surface area contributed by atoms with Crippen LogP contribution in [0.2, 0.25) is 0 Å². The number of rotatable bonds is 5. The number of hydrogen-bond acceptors (Lipinski definition) is 5. The second-order valence-corrected chi connectivity index (χ2v) is 6.11. The molecule has 0 aromatic heterocycles. The van der Waals surface area contributed by atoms with Crippen LogP contribution < -0.4 is 4.74 Å². The minimum atomic E-state index is -0.473. The van der Waals surface area contributed by atoms with E-state index in [0.29, 0.717) is 13.2 Å². The molecular formula is C16H21NO3S. The number of fused-ring (bicyclic) bond motifs is 1. The van der Waals surface area contributed by atoms with Crippen molar-refractivity contribution in [3.8, 4) is 5.75 Å². The Labute approximate surface area is 129 Å². The zero-order valence-corrected chi connectivity index (χ0v) is 12.8. The first-order chi connectivity index (χ1) is 10.3. The Bertz CT molecular complexity index is 500. The van der Waals surface area contributed by atoms with Crippen molar-refractivity contribution in [3.05, 3.63) is 41.5 Å². The van der Waals surface area contributed by atoms with Gasteiger partial charge in [-0.05, 0) is 24.5 Å². The summed E-state index contributed by atoms with van der Waals surface area (Å²) >= 11 is 1.44. The fourth-order valence-corrected chi connectivity index (χ4v) is 3.31. The highest BCUT2D eigenvalue weighted by Gasteiger charge is 2.17. The number of benzene rings is 1. The van der Waals surface area contributed by atoms with Gasteiger partial charge in [0, 0.05) is 30.7 Å². The van der Waals surface area contributed by atoms with Crippen LogP contribution in [0, 0.1) is 0 Å². The van der Waals surface area contributed by atoms with Crippen molar-refractivity contribution in [1.29, 1.82) is 0 Å². The van der Waals surface area contributed by atoms with Gasteiger partial charge in [-0.25, -0.2) is 0 Å². The van der Waals surface area contributed by atoms with Crippen LogP contribution in [0.4, 0.5) is 0 Å². The predicted octanol–water partition coefficient (Wildman–Crippen LogP) is 2.02. The molecule has 0 bridgehead atoms. The lowest BCUT2D eigenvalue weighted by atomic mass is 9.96. The molecule has 1 aromatic carbocycles. The van der Waals surface area contributed by atoms with E-state index in [1.807, 2.05) is 12.1 Å². The van der Waals surface area contributed by atoms with Gasteiger partial charge in [0.05, 0.1) is 12.5 Å². The number of nitrogens with zero attached hydrogens (tertiary/aromatic N) is 1. The van der Waals surface area contributed by atoms with Crippen LogP contribution in [0.1, 0.15) is 11.1 Å². The summed E-state index contributed by atoms with van der Waals surface area (Å²) in [6, 6.07) is 6.17. The summed E-state index contributed by atoms with van der Waals surface area (Å²) < 4.78 is 11.1. The van der Waals surface area contributed by atoms with E-state index in [2.05, 4.69) is 23.1 Å². The lowest BCUT2D eigenvalue weighted by Gasteiger charge is -2.27. The third-order valence-corrected chi connectivity index (χ3v) is 4.57. The monoisotopic (exact) mass is 307 g/mol. The molecule has 0 spiro atoms. The van der Waals surface area contributed by atoms with Crippen LogP contribution in [0.5, 0.6) is 5.75 Å². The van der Waals surface area contributed by atoms with Crippen LogP contribution in [-0.2, 0) is 17.0 Å². The normalized spacial score (nSPS) is 20.0. The number of β-amino-alcohol motifs (C(OH)–C–C–N with tert-alkyl or cyclic N) is 1. The van der Waals surface area contributed by atoms with Gasteiger partial charge in [-0.1, -0.05) is 24.3 Å². The van der Waals surface area contributed by atoms with Gasteiger partial charge >= 0.3 is 0 Å². The summed E-state index contributed by atoms with van der Waals surface area (Å²) in [4.78, 5) is 2.19. The maximum atomic E-state index is 10.1. The van der Waals surface area contributed by atoms with Crippen molar-refractivity contribution in [2.45, 2.75) is 18.9 Å². The van der Waals surface area contributed by atoms with E-state index in [-0.39, 0.29) is 0 Å². The van der Waals surface area contributed by atoms with Crippen LogP contribution in [0.15, 0.2) is 30.4 Å². The summed E-state index contributed by atoms with van der Waals surface area (Å²) in [6.07, 6.45) is 5.79. The molecule has 114 valence electrons. The fraction of sp³-hybridized carbons (Fsp3) is 0.500. The fourth-order valence-electron chi connectivity index (χ4n) is 2.66. The largest absolute Gasteiger partial charge is 0.491 e. The molecule has 5 heteroatoms. The average Bonchev–Trinajstić information content (AvgIpc) is 2.54. The molecule has 1 aliphatic carbocycles. The molecule has 1 aliphatic heterocycles. The SMILES string of the molecule is OC(COc1cccc2c1CC=CC2)CN1CCOSC1. The van der Waals surface area contributed by atoms with E-state index >= 15 is 0 Å². The second kappa shape index (κ2) is 7.31. The van der Waals surface area contributed by atoms with Crippen LogP contribution >= 0.6 is 12.0 Å². The predicted molar refractivity (Wildman–Crippen MR) is 84.5 cm³/mol. The van der Waals surface area contributed by atoms with Gasteiger partial charge in [-0.15, -0.1) is 0 Å². The molecule has 4 nitrogen and oxygen atoms in total. The Hall–Kier alpha value is -1.01. The van der Waals surface area contributed by atoms with Gasteiger partial charge in [0.2, 0.25) is 0 Å². The minimum absolute atomic E-state index is 0.336. The summed E-state index contributed by atoms with van der Waals surface area (Å²) in [5, 5.41) is 10.1. The van der Waals surface area contributed by atoms with Gasteiger partial charge in [-0.3, -0.25) is 4.90 Å². The topological polar surface area (TPSA) is 41.9 Å². The first kappa shape index (κ1) is 14.9. The Morgan fingerprint density at radius 3 is 3.10 bits per heavy atom. The molecule has 1 heterocycles. The molecule has 0 radical (unpaired) electrons. The Morgan fingerprint density at radius 1 is 1.33 bits per heavy atom. The molecule has 1 aromatic rings. The summed E-state index contributed by atoms with van der Waals surface area (Å²) in [5.41, 5.74) is 2.59. The van der Waals surface area contributed by atoms with Crippen molar-refractivity contribution in [2.24, 2.45) is 0 Å². The number of ether oxygens (including phenoxy) is 1. The summed E-state index contributed by atoms with van der Waals surface area (Å²) in [5.74, 6) is 1.72. The summed E-state index contributed by atoms with van der Waals surface area (Å²) in [7, 11) is 0. The number of hydrogen-bond donors (Lipinski definition) is 1. The van der Waals surface area contributed by atoms with E-state index in [1.165, 1.54) is 23.2 Å². The molecule has 1 unspecified atom stereocenters. The van der Waals surface area contributed by atoms with Crippen molar-refractivity contribution < 1.29 is 14.0 Å². The number of aliphatic hydroxyl groups is 1. The Kier molecular flexibility index (Phi) is 5.19. The van der Waals surface area contributed by atoms with Gasteiger partial charge in [0.1, 0.15) is 18.5 Å². The first-order valence-corrected chi connectivity index (χ1v) is 8.27. The molecule has 21 heavy (non-hydrogen) atoms. The highest BCUT2D eigenvalue weighted by molar-refractivity contribution is 7.94. The lowest BCUT2D eigenvalue weighted by Crippen LogP contribution is -2.39. The van der Waals surface area contributed by atoms with E-state index in [4.69, 9.17) is 8.92 Å². The molecule has 0 amide bonds. The third-order valence-electron chi connectivity index (χ3n) is 3.77. The van der Waals surface area contributed by atoms with Gasteiger partial charge in [0.25, 0.3) is 0 Å². The van der Waals surface area contributed by atoms with E-state index in [1.54, 1.807) is 0 Å². The first-order valence-electron chi connectivity index (χ1n) is 7.36. The van der Waals surface area contributed by atoms with Crippen molar-refractivity contribution in [2.75, 3.05) is 32.2 Å². The second-order valence-electron chi connectivity index (χ2n) is 5.38. The molecule has 1 fully saturated rings. The molecular weight excluding hydrogens is 286 g/mol. The molecule has 0 saturated carbocycles. The Balaban J connectivity index is 1.53. The van der Waals surface area contributed by atoms with E-state index in [0.717, 1.165) is 37.6 Å². The van der Waals surface area contributed by atoms with Gasteiger partial charge in [0.15, 0.2) is 0 Å². The standard InChI is InChI=1S/C16H21NO3S/c18-14(10-17-8-9-20-21-12-17)11-19-16-7-3-5-13-4-1-2-6-15(13)16/h1-3,5,7,14,18H,4,6,8-12H2. The van der Waals surface area contributed by atoms with Crippen LogP contribution in [0.3, 0.4) is 0 Å². The van der Waals surface area contributed by atoms with Crippen molar-refractivity contribution in [3.63, 3.8) is 0 Å². The van der Waals surface area contributed by atoms with Crippen LogP contribution in [0.25, 0.3) is 0 Å². The third kappa shape index (κ3) is 4.01. The molecule has 1 atom stereocenters. The molecule has 1 N–H and O–H groups in total. The highest BCUT2D eigenvalue weighted by atomic mass is 32.2. The zero-order chi connectivity index (χ0) is 14.5. The minimum Gasteiger partial charge on any atom is -0.491 e. The van der Waals surface area contributed by atoms with Gasteiger partial charge < -0.3 is 14.0 Å². The quantitative estimate of drug-likeness (QED) is 0.666. The van der Waals surface area contributed by atoms with E-state index < -0.39 is 6.10 Å². The number of allylic oxidation sites excluding steroid dienone is 2. The molecule has 1 saturated heterocycles. The Morgan fingerprint density at radius 2 is 2.24 bits per heavy atom. The molecule has 3 rings (SSSR count). The van der Waals surface area contributed by atoms with Crippen LogP contribution in [-0.4, -0.2) is 48.3 Å². The summed E-state index contributed by atoms with van der Waals surface area (Å²) in [6.45, 7) is 2.56. The maximum absolute atomic E-state index is 10.1. The lowest BCUT2D eigenvalue weighted by molar-refractivity contribution is 0.0664. The average molecular weight is 307 g/mol. The van der Waals surface area contributed by atoms with Crippen molar-refractivity contribution in [1.82, 2.24) is 4.90 Å². The maximum Gasteiger partial charge on any atom is 0.123 e. The van der Waals surface area contributed by atoms with Gasteiger partial charge in [-0.2, -0.15) is 0 Å². The zero-order valence-electron chi connectivity index (χ0n) is 12.0. The highest BCUT2D eigenvalue weighted by Crippen LogP contribution is 2.27. The number of aliphatic hydroxyl groups excluding tert-OH is 1. The molecule has 2 aliphatic rings. The smallest absolute Gasteiger partial charge is 0.123 e.